The highest BCUT2D eigenvalue weighted by molar-refractivity contribution is 8.01. The summed E-state index contributed by atoms with van der Waals surface area (Å²) in [5, 5.41) is 4.14. The highest BCUT2D eigenvalue weighted by Crippen LogP contribution is 1.74. The molecule has 0 bridgehead atoms. The van der Waals surface area contributed by atoms with Gasteiger partial charge in [-0.25, -0.2) is 5.14 Å². The number of hydrogen-bond donors (Lipinski definition) is 3. The van der Waals surface area contributed by atoms with E-state index >= 15 is 0 Å². The third kappa shape index (κ3) is 7.78. The lowest BCUT2D eigenvalue weighted by Crippen LogP contribution is -2.35. The van der Waals surface area contributed by atoms with E-state index in [1.807, 2.05) is 0 Å². The van der Waals surface area contributed by atoms with Crippen LogP contribution >= 0.6 is 0 Å². The Kier molecular flexibility index (Phi) is 2.14. The molecule has 0 heterocycles. The van der Waals surface area contributed by atoms with Gasteiger partial charge >= 0.3 is 10.3 Å². The van der Waals surface area contributed by atoms with Gasteiger partial charge in [0.25, 0.3) is 10.2 Å². The van der Waals surface area contributed by atoms with Crippen molar-refractivity contribution in [3.63, 3.8) is 0 Å². The molecule has 4 N–H and O–H groups in total. The highest BCUT2D eigenvalue weighted by atomic mass is 32.3. The molecule has 0 aromatic rings. The molecule has 0 saturated carbocycles. The van der Waals surface area contributed by atoms with E-state index in [0.29, 0.717) is 0 Å². The predicted octanol–water partition coefficient (Wildman–Crippen LogP) is -2.42. The topological polar surface area (TPSA) is 127 Å². The summed E-state index contributed by atoms with van der Waals surface area (Å²) >= 11 is 0. The van der Waals surface area contributed by atoms with E-state index in [0.717, 1.165) is 4.13 Å². The van der Waals surface area contributed by atoms with Crippen molar-refractivity contribution < 1.29 is 21.4 Å². The Morgan fingerprint density at radius 3 is 1.56 bits per heavy atom. The summed E-state index contributed by atoms with van der Waals surface area (Å²) in [7, 11) is -9.11. The lowest BCUT2D eigenvalue weighted by molar-refractivity contribution is 0.477. The maximum absolute atomic E-state index is 9.77. The van der Waals surface area contributed by atoms with Crippen molar-refractivity contribution in [3.8, 4) is 0 Å². The van der Waals surface area contributed by atoms with E-state index in [9.17, 15) is 16.8 Å². The molecule has 0 aromatic carbocycles. The second-order valence-electron chi connectivity index (χ2n) is 1.10. The Hall–Kier alpha value is -0.220. The van der Waals surface area contributed by atoms with Gasteiger partial charge in [-0.05, 0) is 0 Å². The smallest absolute Gasteiger partial charge is 0.273 e. The Balaban J connectivity index is 4.46. The van der Waals surface area contributed by atoms with Gasteiger partial charge in [-0.15, -0.1) is 0 Å². The van der Waals surface area contributed by atoms with Crippen molar-refractivity contribution in [1.82, 2.24) is 4.13 Å². The van der Waals surface area contributed by atoms with E-state index in [2.05, 4.69) is 5.14 Å². The average Bonchev–Trinajstić information content (AvgIpc) is 1.14. The van der Waals surface area contributed by atoms with E-state index < -0.39 is 20.5 Å². The zero-order valence-electron chi connectivity index (χ0n) is 3.97. The molecule has 0 aliphatic heterocycles. The first kappa shape index (κ1) is 8.78. The van der Waals surface area contributed by atoms with Gasteiger partial charge in [0.15, 0.2) is 0 Å². The van der Waals surface area contributed by atoms with Crippen LogP contribution in [0.4, 0.5) is 0 Å². The molecule has 0 amide bonds. The molecule has 0 unspecified atom stereocenters. The maximum Gasteiger partial charge on any atom is 0.347 e. The standard InChI is InChI=1S/H4N2O5S2/c1-8(3,4)2-9(5,6)7/h2H,(H2,1,3,4)(H,5,6,7). The summed E-state index contributed by atoms with van der Waals surface area (Å²) in [6.07, 6.45) is 0. The molecule has 9 heavy (non-hydrogen) atoms. The summed E-state index contributed by atoms with van der Waals surface area (Å²) in [5.74, 6) is 0. The maximum atomic E-state index is 9.77. The molecule has 0 aromatic heterocycles. The molecule has 56 valence electrons. The second kappa shape index (κ2) is 2.19. The van der Waals surface area contributed by atoms with Crippen molar-refractivity contribution in [1.29, 1.82) is 0 Å². The van der Waals surface area contributed by atoms with Gasteiger partial charge in [-0.3, -0.25) is 4.55 Å². The van der Waals surface area contributed by atoms with Crippen LogP contribution in [0.2, 0.25) is 0 Å². The van der Waals surface area contributed by atoms with Crippen LogP contribution in [-0.4, -0.2) is 21.4 Å². The molecule has 0 spiro atoms. The highest BCUT2D eigenvalue weighted by Gasteiger charge is 2.11. The fraction of sp³-hybridized carbons (Fsp3) is 0. The molecule has 0 saturated heterocycles. The monoisotopic (exact) mass is 176 g/mol. The summed E-state index contributed by atoms with van der Waals surface area (Å²) in [6, 6.07) is 0. The first-order valence-corrected chi connectivity index (χ1v) is 4.48. The average molecular weight is 176 g/mol. The van der Waals surface area contributed by atoms with E-state index in [-0.39, 0.29) is 0 Å². The van der Waals surface area contributed by atoms with Gasteiger partial charge in [-0.2, -0.15) is 16.8 Å². The third-order valence-electron chi connectivity index (χ3n) is 0.221. The largest absolute Gasteiger partial charge is 0.347 e. The van der Waals surface area contributed by atoms with Crippen LogP contribution in [-0.2, 0) is 20.5 Å². The Labute approximate surface area is 51.9 Å². The predicted molar refractivity (Wildman–Crippen MR) is 27.8 cm³/mol. The Bertz CT molecular complexity index is 238. The van der Waals surface area contributed by atoms with Gasteiger partial charge in [0.1, 0.15) is 0 Å². The first-order chi connectivity index (χ1) is 3.71. The molecule has 0 rings (SSSR count). The lowest BCUT2D eigenvalue weighted by Gasteiger charge is -1.93. The van der Waals surface area contributed by atoms with Crippen LogP contribution < -0.4 is 9.27 Å². The minimum atomic E-state index is -4.74. The SMILES string of the molecule is NS(=O)(=O)NS(=O)(=O)O. The molecule has 7 nitrogen and oxygen atoms in total. The molecule has 0 atom stereocenters. The minimum Gasteiger partial charge on any atom is -0.273 e. The molecule has 0 aliphatic rings. The van der Waals surface area contributed by atoms with Crippen LogP contribution in [0.1, 0.15) is 0 Å². The Morgan fingerprint density at radius 1 is 1.22 bits per heavy atom. The van der Waals surface area contributed by atoms with Crippen LogP contribution in [0.5, 0.6) is 0 Å². The third-order valence-corrected chi connectivity index (χ3v) is 1.99. The van der Waals surface area contributed by atoms with Crippen LogP contribution in [0.15, 0.2) is 0 Å². The Morgan fingerprint density at radius 2 is 1.56 bits per heavy atom. The van der Waals surface area contributed by atoms with Gasteiger partial charge in [0, 0.05) is 0 Å². The summed E-state index contributed by atoms with van der Waals surface area (Å²) in [6.45, 7) is 0. The second-order valence-corrected chi connectivity index (χ2v) is 3.81. The van der Waals surface area contributed by atoms with Crippen LogP contribution in [0.25, 0.3) is 0 Å². The zero-order valence-corrected chi connectivity index (χ0v) is 5.61. The van der Waals surface area contributed by atoms with Crippen LogP contribution in [0, 0.1) is 0 Å². The zero-order chi connectivity index (χ0) is 7.71. The molecular formula is H4N2O5S2. The quantitative estimate of drug-likeness (QED) is 0.403. The molecular weight excluding hydrogens is 172 g/mol. The molecule has 9 heteroatoms. The molecule has 0 radical (unpaired) electrons. The van der Waals surface area contributed by atoms with Crippen molar-refractivity contribution in [2.24, 2.45) is 5.14 Å². The minimum absolute atomic E-state index is 0.736. The molecule has 0 aliphatic carbocycles. The number of nitrogens with two attached hydrogens (primary N) is 1. The van der Waals surface area contributed by atoms with Gasteiger partial charge in [0.2, 0.25) is 0 Å². The van der Waals surface area contributed by atoms with E-state index in [4.69, 9.17) is 4.55 Å². The van der Waals surface area contributed by atoms with E-state index in [1.54, 1.807) is 0 Å². The van der Waals surface area contributed by atoms with Gasteiger partial charge in [-0.1, -0.05) is 4.13 Å². The summed E-state index contributed by atoms with van der Waals surface area (Å²) in [5.41, 5.74) is 0. The van der Waals surface area contributed by atoms with Crippen molar-refractivity contribution in [3.05, 3.63) is 0 Å². The van der Waals surface area contributed by atoms with Crippen molar-refractivity contribution >= 4 is 20.5 Å². The number of nitrogens with one attached hydrogen (secondary N) is 1. The first-order valence-electron chi connectivity index (χ1n) is 1.49. The fourth-order valence-corrected chi connectivity index (χ4v) is 1.32. The number of rotatable bonds is 2. The van der Waals surface area contributed by atoms with Crippen molar-refractivity contribution in [2.45, 2.75) is 0 Å². The normalized spacial score (nSPS) is 13.6. The lowest BCUT2D eigenvalue weighted by atomic mass is 13.9. The van der Waals surface area contributed by atoms with E-state index in [1.165, 1.54) is 0 Å². The van der Waals surface area contributed by atoms with Crippen molar-refractivity contribution in [2.75, 3.05) is 0 Å². The summed E-state index contributed by atoms with van der Waals surface area (Å²) < 4.78 is 47.3. The number of hydrogen-bond acceptors (Lipinski definition) is 4. The molecule has 0 fully saturated rings. The summed E-state index contributed by atoms with van der Waals surface area (Å²) in [4.78, 5) is 0. The van der Waals surface area contributed by atoms with Crippen LogP contribution in [0.3, 0.4) is 0 Å². The van der Waals surface area contributed by atoms with Gasteiger partial charge in [0.05, 0.1) is 0 Å². The van der Waals surface area contributed by atoms with Gasteiger partial charge < -0.3 is 0 Å². The fourth-order valence-electron chi connectivity index (χ4n) is 0.147.